The molecule has 0 aliphatic rings. The zero-order chi connectivity index (χ0) is 14.1. The van der Waals surface area contributed by atoms with Gasteiger partial charge < -0.3 is 11.1 Å². The summed E-state index contributed by atoms with van der Waals surface area (Å²) in [5.41, 5.74) is 8.46. The summed E-state index contributed by atoms with van der Waals surface area (Å²) < 4.78 is 13.9. The van der Waals surface area contributed by atoms with Gasteiger partial charge in [-0.05, 0) is 52.9 Å². The highest BCUT2D eigenvalue weighted by Gasteiger charge is 2.07. The quantitative estimate of drug-likeness (QED) is 0.516. The first kappa shape index (κ1) is 13.1. The fourth-order valence-electron chi connectivity index (χ4n) is 2.04. The number of hydrogen-bond acceptors (Lipinski definition) is 3. The second-order valence-corrected chi connectivity index (χ2v) is 5.53. The highest BCUT2D eigenvalue weighted by Crippen LogP contribution is 2.31. The van der Waals surface area contributed by atoms with Crippen LogP contribution in [0.5, 0.6) is 0 Å². The maximum atomic E-state index is 13.1. The minimum absolute atomic E-state index is 0.252. The van der Waals surface area contributed by atoms with Gasteiger partial charge >= 0.3 is 0 Å². The Morgan fingerprint density at radius 2 is 1.90 bits per heavy atom. The van der Waals surface area contributed by atoms with Crippen LogP contribution >= 0.6 is 22.6 Å². The predicted molar refractivity (Wildman–Crippen MR) is 88.6 cm³/mol. The van der Waals surface area contributed by atoms with Crippen molar-refractivity contribution >= 4 is 50.4 Å². The van der Waals surface area contributed by atoms with Crippen molar-refractivity contribution in [3.8, 4) is 0 Å². The maximum Gasteiger partial charge on any atom is 0.124 e. The van der Waals surface area contributed by atoms with Gasteiger partial charge in [0, 0.05) is 26.7 Å². The average molecular weight is 379 g/mol. The Hall–Kier alpha value is -1.89. The minimum atomic E-state index is -0.252. The van der Waals surface area contributed by atoms with Crippen molar-refractivity contribution in [2.24, 2.45) is 0 Å². The molecule has 3 rings (SSSR count). The molecular formula is C15H11FIN3. The van der Waals surface area contributed by atoms with E-state index in [1.807, 2.05) is 18.2 Å². The molecule has 0 aliphatic carbocycles. The summed E-state index contributed by atoms with van der Waals surface area (Å²) >= 11 is 2.09. The third-order valence-corrected chi connectivity index (χ3v) is 3.95. The molecule has 0 unspecified atom stereocenters. The van der Waals surface area contributed by atoms with E-state index in [1.54, 1.807) is 18.5 Å². The number of rotatable bonds is 2. The highest BCUT2D eigenvalue weighted by atomic mass is 127. The molecule has 2 aromatic carbocycles. The van der Waals surface area contributed by atoms with Crippen molar-refractivity contribution in [1.82, 2.24) is 4.98 Å². The summed E-state index contributed by atoms with van der Waals surface area (Å²) in [7, 11) is 0. The van der Waals surface area contributed by atoms with Gasteiger partial charge in [0.15, 0.2) is 0 Å². The zero-order valence-electron chi connectivity index (χ0n) is 10.4. The minimum Gasteiger partial charge on any atom is -0.397 e. The summed E-state index contributed by atoms with van der Waals surface area (Å²) in [6.07, 6.45) is 3.49. The molecule has 0 atom stereocenters. The number of benzene rings is 2. The van der Waals surface area contributed by atoms with Crippen LogP contribution in [0.25, 0.3) is 10.8 Å². The van der Waals surface area contributed by atoms with E-state index in [-0.39, 0.29) is 5.82 Å². The topological polar surface area (TPSA) is 50.9 Å². The first-order valence-corrected chi connectivity index (χ1v) is 7.07. The number of fused-ring (bicyclic) bond motifs is 1. The second kappa shape index (κ2) is 5.24. The van der Waals surface area contributed by atoms with E-state index in [4.69, 9.17) is 5.73 Å². The van der Waals surface area contributed by atoms with Crippen molar-refractivity contribution in [2.45, 2.75) is 0 Å². The van der Waals surface area contributed by atoms with Crippen LogP contribution in [0.3, 0.4) is 0 Å². The molecule has 0 saturated heterocycles. The van der Waals surface area contributed by atoms with E-state index >= 15 is 0 Å². The molecule has 0 fully saturated rings. The monoisotopic (exact) mass is 379 g/mol. The van der Waals surface area contributed by atoms with E-state index in [0.29, 0.717) is 5.69 Å². The molecule has 0 aliphatic heterocycles. The molecule has 1 heterocycles. The fraction of sp³-hybridized carbons (Fsp3) is 0. The van der Waals surface area contributed by atoms with Gasteiger partial charge in [-0.2, -0.15) is 0 Å². The van der Waals surface area contributed by atoms with Crippen molar-refractivity contribution in [1.29, 1.82) is 0 Å². The van der Waals surface area contributed by atoms with Gasteiger partial charge in [-0.15, -0.1) is 0 Å². The summed E-state index contributed by atoms with van der Waals surface area (Å²) in [5.74, 6) is -0.252. The van der Waals surface area contributed by atoms with Crippen LogP contribution in [0.4, 0.5) is 21.5 Å². The number of aromatic nitrogens is 1. The Bertz CT molecular complexity index is 789. The number of hydrogen-bond donors (Lipinski definition) is 2. The molecule has 3 nitrogen and oxygen atoms in total. The molecule has 20 heavy (non-hydrogen) atoms. The zero-order valence-corrected chi connectivity index (χ0v) is 12.6. The smallest absolute Gasteiger partial charge is 0.124 e. The molecule has 0 amide bonds. The Kier molecular flexibility index (Phi) is 3.43. The first-order valence-electron chi connectivity index (χ1n) is 5.99. The Labute approximate surface area is 129 Å². The lowest BCUT2D eigenvalue weighted by Gasteiger charge is -2.13. The van der Waals surface area contributed by atoms with E-state index in [9.17, 15) is 4.39 Å². The SMILES string of the molecule is Nc1c(Nc2ccc(F)cc2I)ccc2cnccc12. The number of nitrogens with zero attached hydrogens (tertiary/aromatic N) is 1. The average Bonchev–Trinajstić information content (AvgIpc) is 2.45. The van der Waals surface area contributed by atoms with Crippen LogP contribution in [0, 0.1) is 9.39 Å². The Balaban J connectivity index is 2.04. The highest BCUT2D eigenvalue weighted by molar-refractivity contribution is 14.1. The second-order valence-electron chi connectivity index (χ2n) is 4.37. The fourth-order valence-corrected chi connectivity index (χ4v) is 2.65. The van der Waals surface area contributed by atoms with E-state index in [0.717, 1.165) is 25.7 Å². The van der Waals surface area contributed by atoms with Gasteiger partial charge in [0.1, 0.15) is 5.82 Å². The summed E-state index contributed by atoms with van der Waals surface area (Å²) in [5, 5.41) is 5.18. The van der Waals surface area contributed by atoms with Gasteiger partial charge in [0.05, 0.1) is 17.1 Å². The molecule has 0 bridgehead atoms. The van der Waals surface area contributed by atoms with Crippen molar-refractivity contribution < 1.29 is 4.39 Å². The molecule has 100 valence electrons. The number of anilines is 3. The molecule has 5 heteroatoms. The molecule has 0 spiro atoms. The standard InChI is InChI=1S/C15H11FIN3/c16-10-2-4-13(12(17)7-10)20-14-3-1-9-8-19-6-5-11(9)15(14)18/h1-8,20H,18H2. The number of nitrogens with two attached hydrogens (primary N) is 1. The molecule has 0 saturated carbocycles. The van der Waals surface area contributed by atoms with Crippen LogP contribution in [0.2, 0.25) is 0 Å². The molecule has 1 aromatic heterocycles. The number of nitrogens with one attached hydrogen (secondary N) is 1. The summed E-state index contributed by atoms with van der Waals surface area (Å²) in [6.45, 7) is 0. The van der Waals surface area contributed by atoms with Gasteiger partial charge in [-0.1, -0.05) is 6.07 Å². The van der Waals surface area contributed by atoms with Gasteiger partial charge in [-0.25, -0.2) is 4.39 Å². The first-order chi connectivity index (χ1) is 9.65. The maximum absolute atomic E-state index is 13.1. The van der Waals surface area contributed by atoms with Gasteiger partial charge in [0.25, 0.3) is 0 Å². The van der Waals surface area contributed by atoms with Crippen LogP contribution in [0.15, 0.2) is 48.8 Å². The normalized spacial score (nSPS) is 10.7. The third kappa shape index (κ3) is 2.40. The molecular weight excluding hydrogens is 368 g/mol. The molecule has 3 aromatic rings. The largest absolute Gasteiger partial charge is 0.397 e. The van der Waals surface area contributed by atoms with E-state index in [2.05, 4.69) is 32.9 Å². The molecule has 0 radical (unpaired) electrons. The van der Waals surface area contributed by atoms with E-state index < -0.39 is 0 Å². The van der Waals surface area contributed by atoms with Crippen LogP contribution < -0.4 is 11.1 Å². The summed E-state index contributed by atoms with van der Waals surface area (Å²) in [6, 6.07) is 10.3. The van der Waals surface area contributed by atoms with Crippen LogP contribution in [-0.2, 0) is 0 Å². The Morgan fingerprint density at radius 3 is 2.70 bits per heavy atom. The van der Waals surface area contributed by atoms with Gasteiger partial charge in [0.2, 0.25) is 0 Å². The van der Waals surface area contributed by atoms with E-state index in [1.165, 1.54) is 12.1 Å². The van der Waals surface area contributed by atoms with Gasteiger partial charge in [-0.3, -0.25) is 4.98 Å². The Morgan fingerprint density at radius 1 is 1.10 bits per heavy atom. The third-order valence-electron chi connectivity index (χ3n) is 3.06. The molecule has 3 N–H and O–H groups in total. The predicted octanol–water partition coefficient (Wildman–Crippen LogP) is 4.30. The van der Waals surface area contributed by atoms with Crippen LogP contribution in [-0.4, -0.2) is 4.98 Å². The van der Waals surface area contributed by atoms with Crippen molar-refractivity contribution in [3.63, 3.8) is 0 Å². The number of pyridine rings is 1. The lowest BCUT2D eigenvalue weighted by molar-refractivity contribution is 0.627. The van der Waals surface area contributed by atoms with Crippen molar-refractivity contribution in [2.75, 3.05) is 11.1 Å². The van der Waals surface area contributed by atoms with Crippen LogP contribution in [0.1, 0.15) is 0 Å². The van der Waals surface area contributed by atoms with Crippen molar-refractivity contribution in [3.05, 3.63) is 58.2 Å². The lowest BCUT2D eigenvalue weighted by Crippen LogP contribution is -1.99. The number of halogens is 2. The lowest BCUT2D eigenvalue weighted by atomic mass is 10.1. The summed E-state index contributed by atoms with van der Waals surface area (Å²) in [4.78, 5) is 4.07. The number of nitrogen functional groups attached to an aromatic ring is 1.